The van der Waals surface area contributed by atoms with Crippen molar-refractivity contribution >= 4 is 11.6 Å². The van der Waals surface area contributed by atoms with Gasteiger partial charge >= 0.3 is 0 Å². The topological polar surface area (TPSA) is 34.1 Å². The summed E-state index contributed by atoms with van der Waals surface area (Å²) in [5.41, 5.74) is 3.01. The molecule has 0 spiro atoms. The lowest BCUT2D eigenvalue weighted by Crippen LogP contribution is -2.08. The lowest BCUT2D eigenvalue weighted by atomic mass is 10.2. The number of ether oxygens (including phenoxy) is 1. The first kappa shape index (κ1) is 13.8. The van der Waals surface area contributed by atoms with Crippen molar-refractivity contribution in [1.82, 2.24) is 10.3 Å². The molecule has 0 aliphatic carbocycles. The molecule has 0 amide bonds. The van der Waals surface area contributed by atoms with Gasteiger partial charge in [0.05, 0.1) is 16.4 Å². The van der Waals surface area contributed by atoms with Gasteiger partial charge in [0, 0.05) is 6.54 Å². The highest BCUT2D eigenvalue weighted by molar-refractivity contribution is 6.32. The third-order valence-electron chi connectivity index (χ3n) is 2.69. The van der Waals surface area contributed by atoms with Gasteiger partial charge in [-0.15, -0.1) is 0 Å². The van der Waals surface area contributed by atoms with E-state index in [4.69, 9.17) is 16.3 Å². The van der Waals surface area contributed by atoms with E-state index in [1.807, 2.05) is 50.4 Å². The Hall–Kier alpha value is -1.58. The standard InChI is InChI=1S/C15H17ClN2O/c1-11-6-7-15(14(16)8-11)19-10-13-5-3-4-12(18-13)9-17-2/h3-8,17H,9-10H2,1-2H3. The normalized spacial score (nSPS) is 10.5. The molecule has 0 bridgehead atoms. The molecular weight excluding hydrogens is 260 g/mol. The van der Waals surface area contributed by atoms with Crippen molar-refractivity contribution in [3.05, 3.63) is 58.4 Å². The summed E-state index contributed by atoms with van der Waals surface area (Å²) < 4.78 is 5.70. The minimum atomic E-state index is 0.417. The van der Waals surface area contributed by atoms with Gasteiger partial charge in [-0.3, -0.25) is 4.98 Å². The second-order valence-corrected chi connectivity index (χ2v) is 4.78. The molecular formula is C15H17ClN2O. The SMILES string of the molecule is CNCc1cccc(COc2ccc(C)cc2Cl)n1. The van der Waals surface area contributed by atoms with Gasteiger partial charge in [0.2, 0.25) is 0 Å². The van der Waals surface area contributed by atoms with E-state index >= 15 is 0 Å². The Balaban J connectivity index is 2.03. The first-order valence-corrected chi connectivity index (χ1v) is 6.55. The number of rotatable bonds is 5. The van der Waals surface area contributed by atoms with E-state index in [2.05, 4.69) is 10.3 Å². The van der Waals surface area contributed by atoms with E-state index in [9.17, 15) is 0 Å². The number of nitrogens with zero attached hydrogens (tertiary/aromatic N) is 1. The summed E-state index contributed by atoms with van der Waals surface area (Å²) in [6.45, 7) is 3.16. The molecule has 0 radical (unpaired) electrons. The van der Waals surface area contributed by atoms with Crippen LogP contribution in [-0.2, 0) is 13.2 Å². The Morgan fingerprint density at radius 3 is 2.74 bits per heavy atom. The van der Waals surface area contributed by atoms with E-state index in [-0.39, 0.29) is 0 Å². The van der Waals surface area contributed by atoms with E-state index < -0.39 is 0 Å². The number of aromatic nitrogens is 1. The van der Waals surface area contributed by atoms with Crippen molar-refractivity contribution in [3.63, 3.8) is 0 Å². The van der Waals surface area contributed by atoms with Crippen molar-refractivity contribution < 1.29 is 4.74 Å². The van der Waals surface area contributed by atoms with Crippen molar-refractivity contribution in [3.8, 4) is 5.75 Å². The maximum absolute atomic E-state index is 6.12. The monoisotopic (exact) mass is 276 g/mol. The number of pyridine rings is 1. The van der Waals surface area contributed by atoms with Crippen molar-refractivity contribution in [2.75, 3.05) is 7.05 Å². The highest BCUT2D eigenvalue weighted by atomic mass is 35.5. The smallest absolute Gasteiger partial charge is 0.138 e. The van der Waals surface area contributed by atoms with Crippen LogP contribution in [0.2, 0.25) is 5.02 Å². The second-order valence-electron chi connectivity index (χ2n) is 4.37. The molecule has 0 saturated carbocycles. The molecule has 0 fully saturated rings. The highest BCUT2D eigenvalue weighted by Crippen LogP contribution is 2.25. The lowest BCUT2D eigenvalue weighted by molar-refractivity contribution is 0.301. The van der Waals surface area contributed by atoms with Crippen molar-refractivity contribution in [2.45, 2.75) is 20.1 Å². The molecule has 2 aromatic rings. The van der Waals surface area contributed by atoms with Crippen LogP contribution in [-0.4, -0.2) is 12.0 Å². The first-order chi connectivity index (χ1) is 9.19. The van der Waals surface area contributed by atoms with Gasteiger partial charge in [0.15, 0.2) is 0 Å². The number of benzene rings is 1. The van der Waals surface area contributed by atoms with Gasteiger partial charge in [-0.25, -0.2) is 0 Å². The molecule has 0 aliphatic heterocycles. The van der Waals surface area contributed by atoms with E-state index in [1.54, 1.807) is 0 Å². The highest BCUT2D eigenvalue weighted by Gasteiger charge is 2.03. The van der Waals surface area contributed by atoms with Crippen molar-refractivity contribution in [2.24, 2.45) is 0 Å². The summed E-state index contributed by atoms with van der Waals surface area (Å²) in [4.78, 5) is 4.49. The first-order valence-electron chi connectivity index (χ1n) is 6.17. The van der Waals surface area contributed by atoms with Gasteiger partial charge in [-0.2, -0.15) is 0 Å². The summed E-state index contributed by atoms with van der Waals surface area (Å²) in [6, 6.07) is 11.7. The van der Waals surface area contributed by atoms with Crippen LogP contribution in [0.1, 0.15) is 17.0 Å². The predicted molar refractivity (Wildman–Crippen MR) is 77.5 cm³/mol. The summed E-state index contributed by atoms with van der Waals surface area (Å²) in [6.07, 6.45) is 0. The van der Waals surface area contributed by atoms with E-state index in [1.165, 1.54) is 0 Å². The molecule has 0 aliphatic rings. The number of hydrogen-bond donors (Lipinski definition) is 1. The van der Waals surface area contributed by atoms with Crippen molar-refractivity contribution in [1.29, 1.82) is 0 Å². The molecule has 0 unspecified atom stereocenters. The lowest BCUT2D eigenvalue weighted by Gasteiger charge is -2.09. The zero-order valence-electron chi connectivity index (χ0n) is 11.1. The summed E-state index contributed by atoms with van der Waals surface area (Å²) in [5.74, 6) is 0.688. The summed E-state index contributed by atoms with van der Waals surface area (Å²) in [5, 5.41) is 3.71. The quantitative estimate of drug-likeness (QED) is 0.909. The molecule has 1 aromatic heterocycles. The van der Waals surface area contributed by atoms with Crippen LogP contribution in [0.15, 0.2) is 36.4 Å². The molecule has 1 aromatic carbocycles. The molecule has 2 rings (SSSR count). The fraction of sp³-hybridized carbons (Fsp3) is 0.267. The number of hydrogen-bond acceptors (Lipinski definition) is 3. The minimum Gasteiger partial charge on any atom is -0.486 e. The third kappa shape index (κ3) is 3.94. The Labute approximate surface area is 118 Å². The van der Waals surface area contributed by atoms with Gasteiger partial charge in [0.1, 0.15) is 12.4 Å². The summed E-state index contributed by atoms with van der Waals surface area (Å²) in [7, 11) is 1.90. The molecule has 100 valence electrons. The van der Waals surface area contributed by atoms with Crippen LogP contribution in [0.25, 0.3) is 0 Å². The van der Waals surface area contributed by atoms with Crippen LogP contribution in [0.4, 0.5) is 0 Å². The van der Waals surface area contributed by atoms with Gasteiger partial charge in [-0.1, -0.05) is 23.7 Å². The van der Waals surface area contributed by atoms with Crippen LogP contribution < -0.4 is 10.1 Å². The van der Waals surface area contributed by atoms with Crippen LogP contribution >= 0.6 is 11.6 Å². The van der Waals surface area contributed by atoms with Gasteiger partial charge in [0.25, 0.3) is 0 Å². The Bertz CT molecular complexity index is 558. The molecule has 0 saturated heterocycles. The average Bonchev–Trinajstić information content (AvgIpc) is 2.38. The number of halogens is 1. The second kappa shape index (κ2) is 6.55. The van der Waals surface area contributed by atoms with Gasteiger partial charge < -0.3 is 10.1 Å². The minimum absolute atomic E-state index is 0.417. The predicted octanol–water partition coefficient (Wildman–Crippen LogP) is 3.34. The van der Waals surface area contributed by atoms with E-state index in [0.29, 0.717) is 17.4 Å². The van der Waals surface area contributed by atoms with Gasteiger partial charge in [-0.05, 0) is 43.8 Å². The maximum Gasteiger partial charge on any atom is 0.138 e. The zero-order chi connectivity index (χ0) is 13.7. The maximum atomic E-state index is 6.12. The Morgan fingerprint density at radius 2 is 2.00 bits per heavy atom. The third-order valence-corrected chi connectivity index (χ3v) is 2.98. The molecule has 3 nitrogen and oxygen atoms in total. The largest absolute Gasteiger partial charge is 0.486 e. The number of aryl methyl sites for hydroxylation is 1. The zero-order valence-corrected chi connectivity index (χ0v) is 11.9. The van der Waals surface area contributed by atoms with Crippen LogP contribution in [0.5, 0.6) is 5.75 Å². The molecule has 0 atom stereocenters. The van der Waals surface area contributed by atoms with Crippen LogP contribution in [0, 0.1) is 6.92 Å². The molecule has 1 heterocycles. The summed E-state index contributed by atoms with van der Waals surface area (Å²) >= 11 is 6.12. The fourth-order valence-corrected chi connectivity index (χ4v) is 2.05. The molecule has 4 heteroatoms. The Morgan fingerprint density at radius 1 is 1.21 bits per heavy atom. The number of nitrogens with one attached hydrogen (secondary N) is 1. The molecule has 19 heavy (non-hydrogen) atoms. The molecule has 1 N–H and O–H groups in total. The van der Waals surface area contributed by atoms with E-state index in [0.717, 1.165) is 23.5 Å². The fourth-order valence-electron chi connectivity index (χ4n) is 1.76. The average molecular weight is 277 g/mol. The van der Waals surface area contributed by atoms with Crippen LogP contribution in [0.3, 0.4) is 0 Å². The Kier molecular flexibility index (Phi) is 4.77.